The summed E-state index contributed by atoms with van der Waals surface area (Å²) in [5, 5.41) is 10.3. The Hall–Kier alpha value is -0.570. The number of benzene rings is 1. The first-order valence-electron chi connectivity index (χ1n) is 5.31. The normalized spacial score (nSPS) is 13.4. The van der Waals surface area contributed by atoms with Crippen molar-refractivity contribution in [3.05, 3.63) is 35.9 Å². The summed E-state index contributed by atoms with van der Waals surface area (Å²) in [6.07, 6.45) is -0.416. The van der Waals surface area contributed by atoms with Crippen molar-refractivity contribution < 1.29 is 5.11 Å². The summed E-state index contributed by atoms with van der Waals surface area (Å²) in [7, 11) is 4.05. The predicted molar refractivity (Wildman–Crippen MR) is 71.0 cm³/mol. The van der Waals surface area contributed by atoms with Crippen LogP contribution >= 0.6 is 12.4 Å². The summed E-state index contributed by atoms with van der Waals surface area (Å²) in [5.41, 5.74) is 0.856. The summed E-state index contributed by atoms with van der Waals surface area (Å²) < 4.78 is 0. The number of hydrogen-bond donors (Lipinski definition) is 1. The topological polar surface area (TPSA) is 23.5 Å². The second-order valence-corrected chi connectivity index (χ2v) is 5.04. The second-order valence-electron chi connectivity index (χ2n) is 5.04. The van der Waals surface area contributed by atoms with E-state index in [9.17, 15) is 5.11 Å². The van der Waals surface area contributed by atoms with Gasteiger partial charge in [0.2, 0.25) is 0 Å². The molecule has 0 fully saturated rings. The molecule has 0 saturated carbocycles. The first-order valence-corrected chi connectivity index (χ1v) is 5.31. The number of hydrogen-bond acceptors (Lipinski definition) is 2. The van der Waals surface area contributed by atoms with Crippen LogP contribution in [-0.2, 0) is 0 Å². The third-order valence-electron chi connectivity index (χ3n) is 2.58. The van der Waals surface area contributed by atoms with Crippen LogP contribution in [0.25, 0.3) is 0 Å². The largest absolute Gasteiger partial charge is 0.388 e. The molecule has 0 aliphatic carbocycles. The van der Waals surface area contributed by atoms with Gasteiger partial charge < -0.3 is 10.0 Å². The van der Waals surface area contributed by atoms with Crippen molar-refractivity contribution in [2.75, 3.05) is 20.6 Å². The van der Waals surface area contributed by atoms with Crippen molar-refractivity contribution >= 4 is 12.4 Å². The van der Waals surface area contributed by atoms with Crippen molar-refractivity contribution in [1.82, 2.24) is 4.90 Å². The Morgan fingerprint density at radius 3 is 2.12 bits per heavy atom. The lowest BCUT2D eigenvalue weighted by atomic mass is 9.82. The molecule has 0 aromatic heterocycles. The van der Waals surface area contributed by atoms with Crippen LogP contribution in [0.2, 0.25) is 0 Å². The van der Waals surface area contributed by atoms with Gasteiger partial charge in [0.15, 0.2) is 0 Å². The van der Waals surface area contributed by atoms with E-state index in [-0.39, 0.29) is 17.8 Å². The highest BCUT2D eigenvalue weighted by Crippen LogP contribution is 2.33. The lowest BCUT2D eigenvalue weighted by molar-refractivity contribution is 0.0307. The minimum Gasteiger partial charge on any atom is -0.388 e. The van der Waals surface area contributed by atoms with Gasteiger partial charge in [-0.2, -0.15) is 0 Å². The first-order chi connectivity index (χ1) is 6.93. The van der Waals surface area contributed by atoms with Crippen LogP contribution in [0, 0.1) is 5.41 Å². The van der Waals surface area contributed by atoms with Gasteiger partial charge in [0.25, 0.3) is 0 Å². The smallest absolute Gasteiger partial charge is 0.0853 e. The second kappa shape index (κ2) is 6.24. The molecular weight excluding hydrogens is 222 g/mol. The predicted octanol–water partition coefficient (Wildman–Crippen LogP) is 2.73. The summed E-state index contributed by atoms with van der Waals surface area (Å²) >= 11 is 0. The molecule has 1 rings (SSSR count). The fourth-order valence-corrected chi connectivity index (χ4v) is 1.99. The molecule has 1 atom stereocenters. The highest BCUT2D eigenvalue weighted by molar-refractivity contribution is 5.85. The maximum Gasteiger partial charge on any atom is 0.0853 e. The van der Waals surface area contributed by atoms with Gasteiger partial charge in [0.1, 0.15) is 0 Å². The minimum absolute atomic E-state index is 0. The van der Waals surface area contributed by atoms with Crippen molar-refractivity contribution in [3.8, 4) is 0 Å². The van der Waals surface area contributed by atoms with E-state index in [1.165, 1.54) is 0 Å². The van der Waals surface area contributed by atoms with Gasteiger partial charge >= 0.3 is 0 Å². The van der Waals surface area contributed by atoms with Crippen molar-refractivity contribution in [2.24, 2.45) is 5.41 Å². The Labute approximate surface area is 105 Å². The van der Waals surface area contributed by atoms with Gasteiger partial charge in [-0.25, -0.2) is 0 Å². The van der Waals surface area contributed by atoms with E-state index >= 15 is 0 Å². The minimum atomic E-state index is -0.416. The van der Waals surface area contributed by atoms with Crippen LogP contribution in [0.15, 0.2) is 30.3 Å². The third-order valence-corrected chi connectivity index (χ3v) is 2.58. The Bertz CT molecular complexity index is 298. The number of aliphatic hydroxyl groups excluding tert-OH is 1. The molecule has 1 unspecified atom stereocenters. The average Bonchev–Trinajstić information content (AvgIpc) is 2.16. The van der Waals surface area contributed by atoms with Gasteiger partial charge in [-0.1, -0.05) is 44.2 Å². The molecule has 3 heteroatoms. The zero-order valence-electron chi connectivity index (χ0n) is 10.5. The molecule has 0 aliphatic heterocycles. The van der Waals surface area contributed by atoms with Crippen LogP contribution in [-0.4, -0.2) is 30.6 Å². The van der Waals surface area contributed by atoms with E-state index < -0.39 is 6.10 Å². The van der Waals surface area contributed by atoms with E-state index in [2.05, 4.69) is 18.7 Å². The molecule has 0 spiro atoms. The van der Waals surface area contributed by atoms with Gasteiger partial charge in [0, 0.05) is 12.0 Å². The van der Waals surface area contributed by atoms with Crippen molar-refractivity contribution in [2.45, 2.75) is 20.0 Å². The zero-order chi connectivity index (χ0) is 11.5. The molecule has 0 heterocycles. The standard InChI is InChI=1S/C13H21NO.ClH/c1-13(2,10-14(3)4)12(15)11-8-6-5-7-9-11;/h5-9,12,15H,10H2,1-4H3;1H. The van der Waals surface area contributed by atoms with Gasteiger partial charge in [-0.3, -0.25) is 0 Å². The maximum atomic E-state index is 10.3. The average molecular weight is 244 g/mol. The molecular formula is C13H22ClNO. The Morgan fingerprint density at radius 1 is 1.19 bits per heavy atom. The van der Waals surface area contributed by atoms with Gasteiger partial charge in [-0.15, -0.1) is 12.4 Å². The highest BCUT2D eigenvalue weighted by Gasteiger charge is 2.29. The summed E-state index contributed by atoms with van der Waals surface area (Å²) in [6.45, 7) is 5.04. The number of halogens is 1. The van der Waals surface area contributed by atoms with Crippen LogP contribution in [0.1, 0.15) is 25.5 Å². The summed E-state index contributed by atoms with van der Waals surface area (Å²) in [4.78, 5) is 2.10. The molecule has 1 aromatic carbocycles. The molecule has 1 aromatic rings. The fourth-order valence-electron chi connectivity index (χ4n) is 1.99. The SMILES string of the molecule is CN(C)CC(C)(C)C(O)c1ccccc1.Cl. The highest BCUT2D eigenvalue weighted by atomic mass is 35.5. The molecule has 0 radical (unpaired) electrons. The molecule has 0 bridgehead atoms. The Morgan fingerprint density at radius 2 is 1.69 bits per heavy atom. The lowest BCUT2D eigenvalue weighted by Crippen LogP contribution is -2.33. The quantitative estimate of drug-likeness (QED) is 0.879. The third kappa shape index (κ3) is 4.12. The van der Waals surface area contributed by atoms with Crippen LogP contribution in [0.5, 0.6) is 0 Å². The van der Waals surface area contributed by atoms with Crippen molar-refractivity contribution in [1.29, 1.82) is 0 Å². The van der Waals surface area contributed by atoms with Gasteiger partial charge in [0.05, 0.1) is 6.10 Å². The molecule has 2 nitrogen and oxygen atoms in total. The van der Waals surface area contributed by atoms with Gasteiger partial charge in [-0.05, 0) is 19.7 Å². The van der Waals surface area contributed by atoms with E-state index in [0.717, 1.165) is 12.1 Å². The summed E-state index contributed by atoms with van der Waals surface area (Å²) in [5.74, 6) is 0. The van der Waals surface area contributed by atoms with Crippen LogP contribution in [0.4, 0.5) is 0 Å². The Kier molecular flexibility index (Phi) is 6.01. The van der Waals surface area contributed by atoms with Crippen LogP contribution < -0.4 is 0 Å². The van der Waals surface area contributed by atoms with E-state index in [1.807, 2.05) is 44.4 Å². The Balaban J connectivity index is 0.00000225. The molecule has 0 amide bonds. The summed E-state index contributed by atoms with van der Waals surface area (Å²) in [6, 6.07) is 9.84. The first kappa shape index (κ1) is 15.4. The number of nitrogens with zero attached hydrogens (tertiary/aromatic N) is 1. The molecule has 1 N–H and O–H groups in total. The molecule has 16 heavy (non-hydrogen) atoms. The van der Waals surface area contributed by atoms with E-state index in [4.69, 9.17) is 0 Å². The lowest BCUT2D eigenvalue weighted by Gasteiger charge is -2.33. The maximum absolute atomic E-state index is 10.3. The van der Waals surface area contributed by atoms with E-state index in [0.29, 0.717) is 0 Å². The monoisotopic (exact) mass is 243 g/mol. The number of rotatable bonds is 4. The van der Waals surface area contributed by atoms with Crippen LogP contribution in [0.3, 0.4) is 0 Å². The molecule has 92 valence electrons. The van der Waals surface area contributed by atoms with Crippen molar-refractivity contribution in [3.63, 3.8) is 0 Å². The molecule has 0 aliphatic rings. The van der Waals surface area contributed by atoms with E-state index in [1.54, 1.807) is 0 Å². The zero-order valence-corrected chi connectivity index (χ0v) is 11.3. The fraction of sp³-hybridized carbons (Fsp3) is 0.538. The molecule has 0 saturated heterocycles. The number of aliphatic hydroxyl groups is 1.